The van der Waals surface area contributed by atoms with Crippen LogP contribution in [0.25, 0.3) is 0 Å². The zero-order valence-electron chi connectivity index (χ0n) is 11.1. The summed E-state index contributed by atoms with van der Waals surface area (Å²) in [7, 11) is 0. The lowest BCUT2D eigenvalue weighted by Crippen LogP contribution is -2.11. The van der Waals surface area contributed by atoms with Crippen LogP contribution in [0.5, 0.6) is 0 Å². The smallest absolute Gasteiger partial charge is 0.269 e. The Morgan fingerprint density at radius 2 is 1.89 bits per heavy atom. The van der Waals surface area contributed by atoms with Crippen LogP contribution >= 0.6 is 0 Å². The van der Waals surface area contributed by atoms with E-state index in [0.717, 1.165) is 5.56 Å². The van der Waals surface area contributed by atoms with E-state index in [2.05, 4.69) is 10.1 Å². The monoisotopic (exact) mass is 261 g/mol. The first-order valence-electron chi connectivity index (χ1n) is 5.92. The van der Waals surface area contributed by atoms with Gasteiger partial charge < -0.3 is 4.52 Å². The molecule has 0 N–H and O–H groups in total. The molecule has 6 heteroatoms. The van der Waals surface area contributed by atoms with E-state index in [0.29, 0.717) is 18.1 Å². The van der Waals surface area contributed by atoms with Crippen molar-refractivity contribution < 1.29 is 9.45 Å². The van der Waals surface area contributed by atoms with E-state index in [1.54, 1.807) is 12.1 Å². The molecule has 0 saturated heterocycles. The SMILES string of the molecule is CC(C)(C)c1nc(Cc2ccc([N+](=O)[O-])cc2)no1. The first-order chi connectivity index (χ1) is 8.86. The highest BCUT2D eigenvalue weighted by molar-refractivity contribution is 5.33. The van der Waals surface area contributed by atoms with Crippen molar-refractivity contribution in [3.05, 3.63) is 51.7 Å². The minimum Gasteiger partial charge on any atom is -0.339 e. The number of benzene rings is 1. The fourth-order valence-corrected chi connectivity index (χ4v) is 1.55. The van der Waals surface area contributed by atoms with Gasteiger partial charge in [0.25, 0.3) is 5.69 Å². The number of aromatic nitrogens is 2. The molecule has 0 aliphatic heterocycles. The topological polar surface area (TPSA) is 82.1 Å². The van der Waals surface area contributed by atoms with E-state index in [4.69, 9.17) is 4.52 Å². The van der Waals surface area contributed by atoms with Crippen molar-refractivity contribution in [3.8, 4) is 0 Å². The van der Waals surface area contributed by atoms with Gasteiger partial charge in [-0.15, -0.1) is 0 Å². The highest BCUT2D eigenvalue weighted by Crippen LogP contribution is 2.21. The van der Waals surface area contributed by atoms with Crippen molar-refractivity contribution >= 4 is 5.69 Å². The molecule has 100 valence electrons. The molecule has 0 aliphatic carbocycles. The van der Waals surface area contributed by atoms with Crippen molar-refractivity contribution in [3.63, 3.8) is 0 Å². The molecule has 0 unspecified atom stereocenters. The lowest BCUT2D eigenvalue weighted by Gasteiger charge is -2.10. The average Bonchev–Trinajstić information content (AvgIpc) is 2.78. The van der Waals surface area contributed by atoms with Gasteiger partial charge >= 0.3 is 0 Å². The van der Waals surface area contributed by atoms with Crippen LogP contribution in [0.15, 0.2) is 28.8 Å². The van der Waals surface area contributed by atoms with E-state index in [9.17, 15) is 10.1 Å². The Balaban J connectivity index is 2.13. The molecule has 0 bridgehead atoms. The fraction of sp³-hybridized carbons (Fsp3) is 0.385. The minimum absolute atomic E-state index is 0.0762. The van der Waals surface area contributed by atoms with E-state index in [1.807, 2.05) is 20.8 Å². The van der Waals surface area contributed by atoms with Crippen LogP contribution in [0.3, 0.4) is 0 Å². The molecule has 0 radical (unpaired) electrons. The maximum atomic E-state index is 10.6. The standard InChI is InChI=1S/C13H15N3O3/c1-13(2,3)12-14-11(15-19-12)8-9-4-6-10(7-5-9)16(17)18/h4-7H,8H2,1-3H3. The Morgan fingerprint density at radius 1 is 1.26 bits per heavy atom. The first kappa shape index (κ1) is 13.2. The third-order valence-electron chi connectivity index (χ3n) is 2.62. The summed E-state index contributed by atoms with van der Waals surface area (Å²) < 4.78 is 5.19. The summed E-state index contributed by atoms with van der Waals surface area (Å²) in [4.78, 5) is 14.5. The van der Waals surface area contributed by atoms with Crippen LogP contribution in [0.2, 0.25) is 0 Å². The molecule has 0 spiro atoms. The van der Waals surface area contributed by atoms with Gasteiger partial charge in [0.05, 0.1) is 4.92 Å². The van der Waals surface area contributed by atoms with Crippen LogP contribution in [0.4, 0.5) is 5.69 Å². The van der Waals surface area contributed by atoms with Crippen molar-refractivity contribution in [2.24, 2.45) is 0 Å². The Labute approximate surface area is 110 Å². The molecular formula is C13H15N3O3. The molecular weight excluding hydrogens is 246 g/mol. The van der Waals surface area contributed by atoms with E-state index >= 15 is 0 Å². The Bertz CT molecular complexity index is 582. The molecule has 6 nitrogen and oxygen atoms in total. The fourth-order valence-electron chi connectivity index (χ4n) is 1.55. The highest BCUT2D eigenvalue weighted by atomic mass is 16.6. The number of nitro benzene ring substituents is 1. The summed E-state index contributed by atoms with van der Waals surface area (Å²) in [6.07, 6.45) is 0.498. The lowest BCUT2D eigenvalue weighted by atomic mass is 9.97. The van der Waals surface area contributed by atoms with Crippen LogP contribution in [-0.4, -0.2) is 15.1 Å². The molecule has 2 aromatic rings. The minimum atomic E-state index is -0.421. The second-order valence-electron chi connectivity index (χ2n) is 5.37. The third-order valence-corrected chi connectivity index (χ3v) is 2.62. The second kappa shape index (κ2) is 4.79. The largest absolute Gasteiger partial charge is 0.339 e. The Morgan fingerprint density at radius 3 is 2.37 bits per heavy atom. The van der Waals surface area contributed by atoms with Gasteiger partial charge in [0.1, 0.15) is 0 Å². The van der Waals surface area contributed by atoms with Crippen LogP contribution < -0.4 is 0 Å². The average molecular weight is 261 g/mol. The molecule has 0 atom stereocenters. The van der Waals surface area contributed by atoms with E-state index in [1.165, 1.54) is 12.1 Å². The van der Waals surface area contributed by atoms with Crippen molar-refractivity contribution in [2.75, 3.05) is 0 Å². The van der Waals surface area contributed by atoms with Crippen molar-refractivity contribution in [1.29, 1.82) is 0 Å². The molecule has 0 aliphatic rings. The van der Waals surface area contributed by atoms with Crippen LogP contribution in [-0.2, 0) is 11.8 Å². The maximum absolute atomic E-state index is 10.6. The molecule has 0 saturated carbocycles. The summed E-state index contributed by atoms with van der Waals surface area (Å²) in [6.45, 7) is 5.99. The summed E-state index contributed by atoms with van der Waals surface area (Å²) in [5.74, 6) is 1.17. The quantitative estimate of drug-likeness (QED) is 0.626. The van der Waals surface area contributed by atoms with Gasteiger partial charge in [-0.25, -0.2) is 0 Å². The summed E-state index contributed by atoms with van der Waals surface area (Å²) in [6, 6.07) is 6.34. The number of non-ortho nitro benzene ring substituents is 1. The summed E-state index contributed by atoms with van der Waals surface area (Å²) in [5.41, 5.74) is 0.805. The summed E-state index contributed by atoms with van der Waals surface area (Å²) in [5, 5.41) is 14.5. The van der Waals surface area contributed by atoms with Gasteiger partial charge in [-0.1, -0.05) is 38.1 Å². The first-order valence-corrected chi connectivity index (χ1v) is 5.92. The number of nitrogens with zero attached hydrogens (tertiary/aromatic N) is 3. The number of hydrogen-bond donors (Lipinski definition) is 0. The third kappa shape index (κ3) is 3.15. The van der Waals surface area contributed by atoms with Gasteiger partial charge in [0.15, 0.2) is 5.82 Å². The Hall–Kier alpha value is -2.24. The lowest BCUT2D eigenvalue weighted by molar-refractivity contribution is -0.384. The molecule has 1 aromatic carbocycles. The Kier molecular flexibility index (Phi) is 3.33. The second-order valence-corrected chi connectivity index (χ2v) is 5.37. The zero-order valence-corrected chi connectivity index (χ0v) is 11.1. The number of hydrogen-bond acceptors (Lipinski definition) is 5. The maximum Gasteiger partial charge on any atom is 0.269 e. The predicted octanol–water partition coefficient (Wildman–Crippen LogP) is 2.87. The zero-order chi connectivity index (χ0) is 14.0. The van der Waals surface area contributed by atoms with Gasteiger partial charge in [0.2, 0.25) is 5.89 Å². The predicted molar refractivity (Wildman–Crippen MR) is 68.9 cm³/mol. The van der Waals surface area contributed by atoms with Crippen molar-refractivity contribution in [2.45, 2.75) is 32.6 Å². The van der Waals surface area contributed by atoms with Crippen molar-refractivity contribution in [1.82, 2.24) is 10.1 Å². The molecule has 1 heterocycles. The summed E-state index contributed by atoms with van der Waals surface area (Å²) >= 11 is 0. The number of rotatable bonds is 3. The van der Waals surface area contributed by atoms with Crippen LogP contribution in [0, 0.1) is 10.1 Å². The highest BCUT2D eigenvalue weighted by Gasteiger charge is 2.21. The number of nitro groups is 1. The molecule has 0 amide bonds. The van der Waals surface area contributed by atoms with Gasteiger partial charge in [-0.05, 0) is 5.56 Å². The van der Waals surface area contributed by atoms with Crippen LogP contribution in [0.1, 0.15) is 38.0 Å². The molecule has 0 fully saturated rings. The van der Waals surface area contributed by atoms with E-state index < -0.39 is 4.92 Å². The van der Waals surface area contributed by atoms with Gasteiger partial charge in [-0.2, -0.15) is 4.98 Å². The van der Waals surface area contributed by atoms with E-state index in [-0.39, 0.29) is 11.1 Å². The molecule has 2 rings (SSSR count). The van der Waals surface area contributed by atoms with Gasteiger partial charge in [-0.3, -0.25) is 10.1 Å². The normalized spacial score (nSPS) is 11.5. The molecule has 1 aromatic heterocycles. The molecule has 19 heavy (non-hydrogen) atoms. The van der Waals surface area contributed by atoms with Gasteiger partial charge in [0, 0.05) is 24.0 Å².